The zero-order valence-corrected chi connectivity index (χ0v) is 36.7. The molecule has 0 fully saturated rings. The van der Waals surface area contributed by atoms with E-state index in [-0.39, 0.29) is 18.6 Å². The Labute approximate surface area is 354 Å². The van der Waals surface area contributed by atoms with E-state index in [1.807, 2.05) is 6.08 Å². The van der Waals surface area contributed by atoms with Crippen LogP contribution >= 0.6 is 7.82 Å². The molecular formula is C46H74NO11P. The minimum Gasteiger partial charge on any atom is -0.480 e. The van der Waals surface area contributed by atoms with Crippen molar-refractivity contribution in [3.05, 3.63) is 85.1 Å². The number of hydrogen-bond donors (Lipinski definition) is 3. The Morgan fingerprint density at radius 1 is 0.593 bits per heavy atom. The smallest absolute Gasteiger partial charge is 0.472 e. The highest BCUT2D eigenvalue weighted by Crippen LogP contribution is 2.43. The Morgan fingerprint density at radius 3 is 1.71 bits per heavy atom. The first-order chi connectivity index (χ1) is 28.5. The van der Waals surface area contributed by atoms with Crippen molar-refractivity contribution < 1.29 is 52.3 Å². The summed E-state index contributed by atoms with van der Waals surface area (Å²) in [5.74, 6) is -2.45. The molecule has 0 aromatic rings. The van der Waals surface area contributed by atoms with Crippen molar-refractivity contribution >= 4 is 31.5 Å². The first kappa shape index (κ1) is 55.3. The summed E-state index contributed by atoms with van der Waals surface area (Å²) in [6, 6.07) is -1.55. The van der Waals surface area contributed by atoms with Gasteiger partial charge in [-0.1, -0.05) is 131 Å². The highest BCUT2D eigenvalue weighted by molar-refractivity contribution is 7.47. The number of ketones is 1. The van der Waals surface area contributed by atoms with Crippen LogP contribution in [-0.4, -0.2) is 65.7 Å². The maximum atomic E-state index is 12.6. The minimum atomic E-state index is -4.76. The fraction of sp³-hybridized carbons (Fsp3) is 0.609. The quantitative estimate of drug-likeness (QED) is 0.0133. The number of carbonyl (C=O) groups is 4. The molecule has 12 nitrogen and oxygen atoms in total. The number of nitrogens with two attached hydrogens (primary N) is 1. The predicted octanol–water partition coefficient (Wildman–Crippen LogP) is 10.7. The van der Waals surface area contributed by atoms with Gasteiger partial charge in [0, 0.05) is 19.3 Å². The summed E-state index contributed by atoms with van der Waals surface area (Å²) in [4.78, 5) is 58.0. The zero-order valence-electron chi connectivity index (χ0n) is 35.8. The molecule has 0 radical (unpaired) electrons. The number of hydrogen-bond acceptors (Lipinski definition) is 10. The van der Waals surface area contributed by atoms with Crippen LogP contribution in [0.2, 0.25) is 0 Å². The molecule has 0 saturated heterocycles. The van der Waals surface area contributed by atoms with Crippen molar-refractivity contribution in [2.75, 3.05) is 19.8 Å². The lowest BCUT2D eigenvalue weighted by Gasteiger charge is -2.20. The van der Waals surface area contributed by atoms with E-state index >= 15 is 0 Å². The van der Waals surface area contributed by atoms with Crippen molar-refractivity contribution in [1.82, 2.24) is 0 Å². The van der Waals surface area contributed by atoms with Crippen LogP contribution in [0.25, 0.3) is 0 Å². The second kappa shape index (κ2) is 39.8. The Balaban J connectivity index is 4.54. The van der Waals surface area contributed by atoms with E-state index < -0.39 is 57.7 Å². The van der Waals surface area contributed by atoms with Crippen molar-refractivity contribution in [3.63, 3.8) is 0 Å². The third-order valence-electron chi connectivity index (χ3n) is 8.60. The van der Waals surface area contributed by atoms with Crippen molar-refractivity contribution in [3.8, 4) is 0 Å². The highest BCUT2D eigenvalue weighted by atomic mass is 31.2. The average Bonchev–Trinajstić information content (AvgIpc) is 3.21. The molecule has 0 aromatic carbocycles. The van der Waals surface area contributed by atoms with Crippen LogP contribution < -0.4 is 5.73 Å². The summed E-state index contributed by atoms with van der Waals surface area (Å²) >= 11 is 0. The van der Waals surface area contributed by atoms with E-state index in [0.29, 0.717) is 19.3 Å². The number of aliphatic carboxylic acids is 1. The SMILES string of the molecule is CC/C=C\C/C=C\C/C=C\C/C=C\C/C=C\CCCCCC(=O)O[C@H](COC(=O)CCCCCCCC(=O)/C=C/C=C\CCCCC)COP(=O)(O)OC[C@H](N)C(=O)O. The van der Waals surface area contributed by atoms with Gasteiger partial charge in [0.25, 0.3) is 0 Å². The molecule has 0 rings (SSSR count). The molecule has 0 aromatic heterocycles. The van der Waals surface area contributed by atoms with Gasteiger partial charge in [-0.3, -0.25) is 28.2 Å². The standard InChI is InChI=1S/C46H74NO11P/c1-3-5-7-9-11-12-13-14-15-16-17-18-19-20-21-22-24-28-33-37-45(50)58-42(39-56-59(53,54)57-40-43(47)46(51)52)38-55-44(49)36-32-29-25-27-31-35-41(48)34-30-26-23-10-8-6-4-2/h5,7,11-12,14-15,17-18,20-21,23,26,30,34,42-43H,3-4,6,8-10,13,16,19,22,24-25,27-29,31-33,35-40,47H2,1-2H3,(H,51,52)(H,53,54)/b7-5-,12-11-,15-14-,18-17-,21-20-,26-23-,34-30+/t42-,43+/m1/s1. The third-order valence-corrected chi connectivity index (χ3v) is 9.55. The summed E-state index contributed by atoms with van der Waals surface area (Å²) < 4.78 is 32.6. The number of phosphoric ester groups is 1. The number of phosphoric acid groups is 1. The van der Waals surface area contributed by atoms with Gasteiger partial charge < -0.3 is 25.2 Å². The molecule has 1 unspecified atom stereocenters. The average molecular weight is 848 g/mol. The van der Waals surface area contributed by atoms with Gasteiger partial charge in [0.1, 0.15) is 12.6 Å². The van der Waals surface area contributed by atoms with Gasteiger partial charge in [0.2, 0.25) is 0 Å². The number of ether oxygens (including phenoxy) is 2. The fourth-order valence-corrected chi connectivity index (χ4v) is 5.97. The first-order valence-electron chi connectivity index (χ1n) is 21.6. The molecule has 0 heterocycles. The van der Waals surface area contributed by atoms with E-state index in [0.717, 1.165) is 89.9 Å². The molecule has 0 aliphatic carbocycles. The topological polar surface area (TPSA) is 189 Å². The van der Waals surface area contributed by atoms with E-state index in [2.05, 4.69) is 85.2 Å². The largest absolute Gasteiger partial charge is 0.480 e. The van der Waals surface area contributed by atoms with Crippen molar-refractivity contribution in [2.45, 2.75) is 161 Å². The van der Waals surface area contributed by atoms with Crippen molar-refractivity contribution in [2.24, 2.45) is 5.73 Å². The summed E-state index contributed by atoms with van der Waals surface area (Å²) in [6.45, 7) is 2.46. The molecule has 0 aliphatic heterocycles. The lowest BCUT2D eigenvalue weighted by atomic mass is 10.1. The number of unbranched alkanes of at least 4 members (excludes halogenated alkanes) is 10. The fourth-order valence-electron chi connectivity index (χ4n) is 5.19. The van der Waals surface area contributed by atoms with Gasteiger partial charge in [-0.25, -0.2) is 4.57 Å². The molecule has 4 N–H and O–H groups in total. The molecule has 3 atom stereocenters. The summed E-state index contributed by atoms with van der Waals surface area (Å²) in [5, 5.41) is 8.89. The molecule has 0 spiro atoms. The summed E-state index contributed by atoms with van der Waals surface area (Å²) in [5.41, 5.74) is 5.32. The Morgan fingerprint density at radius 2 is 1.10 bits per heavy atom. The van der Waals surface area contributed by atoms with Gasteiger partial charge in [0.15, 0.2) is 11.9 Å². The van der Waals surface area contributed by atoms with E-state index in [9.17, 15) is 28.6 Å². The second-order valence-electron chi connectivity index (χ2n) is 14.1. The number of carboxylic acid groups (broad SMARTS) is 1. The highest BCUT2D eigenvalue weighted by Gasteiger charge is 2.28. The van der Waals surface area contributed by atoms with E-state index in [4.69, 9.17) is 24.8 Å². The van der Waals surface area contributed by atoms with Crippen LogP contribution in [0.1, 0.15) is 149 Å². The van der Waals surface area contributed by atoms with Crippen molar-refractivity contribution in [1.29, 1.82) is 0 Å². The number of rotatable bonds is 39. The maximum absolute atomic E-state index is 12.6. The molecule has 0 bridgehead atoms. The van der Waals surface area contributed by atoms with Gasteiger partial charge in [-0.15, -0.1) is 0 Å². The summed E-state index contributed by atoms with van der Waals surface area (Å²) in [6.07, 6.45) is 44.7. The van der Waals surface area contributed by atoms with Gasteiger partial charge in [-0.2, -0.15) is 0 Å². The Kier molecular flexibility index (Phi) is 37.3. The number of carbonyl (C=O) groups excluding carboxylic acids is 3. The number of allylic oxidation sites excluding steroid dienone is 14. The maximum Gasteiger partial charge on any atom is 0.472 e. The number of carboxylic acids is 1. The van der Waals surface area contributed by atoms with Crippen LogP contribution in [0.5, 0.6) is 0 Å². The van der Waals surface area contributed by atoms with Gasteiger partial charge in [-0.05, 0) is 83.1 Å². The zero-order chi connectivity index (χ0) is 43.7. The van der Waals surface area contributed by atoms with Crippen LogP contribution in [0, 0.1) is 0 Å². The van der Waals surface area contributed by atoms with Gasteiger partial charge in [0.05, 0.1) is 13.2 Å². The lowest BCUT2D eigenvalue weighted by Crippen LogP contribution is -2.34. The molecule has 0 aliphatic rings. The number of esters is 2. The minimum absolute atomic E-state index is 0.0922. The monoisotopic (exact) mass is 847 g/mol. The Hall–Kier alpha value is -3.67. The predicted molar refractivity (Wildman–Crippen MR) is 235 cm³/mol. The lowest BCUT2D eigenvalue weighted by molar-refractivity contribution is -0.161. The van der Waals surface area contributed by atoms with Crippen LogP contribution in [0.4, 0.5) is 0 Å². The van der Waals surface area contributed by atoms with Crippen LogP contribution in [-0.2, 0) is 42.3 Å². The third kappa shape index (κ3) is 39.6. The molecule has 59 heavy (non-hydrogen) atoms. The van der Waals surface area contributed by atoms with E-state index in [1.165, 1.54) is 12.8 Å². The molecule has 0 saturated carbocycles. The second-order valence-corrected chi connectivity index (χ2v) is 15.6. The normalized spacial score (nSPS) is 14.4. The molecular weight excluding hydrogens is 773 g/mol. The van der Waals surface area contributed by atoms with Gasteiger partial charge >= 0.3 is 25.7 Å². The Bertz CT molecular complexity index is 1380. The molecule has 334 valence electrons. The van der Waals surface area contributed by atoms with E-state index in [1.54, 1.807) is 12.2 Å². The first-order valence-corrected chi connectivity index (χ1v) is 23.1. The summed E-state index contributed by atoms with van der Waals surface area (Å²) in [7, 11) is -4.76. The van der Waals surface area contributed by atoms with Crippen LogP contribution in [0.3, 0.4) is 0 Å². The molecule has 0 amide bonds. The van der Waals surface area contributed by atoms with Crippen LogP contribution in [0.15, 0.2) is 85.1 Å². The molecule has 13 heteroatoms.